The predicted molar refractivity (Wildman–Crippen MR) is 85.1 cm³/mol. The van der Waals surface area contributed by atoms with E-state index in [1.54, 1.807) is 25.1 Å². The van der Waals surface area contributed by atoms with E-state index in [-0.39, 0.29) is 12.1 Å². The van der Waals surface area contributed by atoms with Crippen LogP contribution in [0.2, 0.25) is 0 Å². The van der Waals surface area contributed by atoms with Crippen molar-refractivity contribution in [2.45, 2.75) is 39.2 Å². The Morgan fingerprint density at radius 1 is 1.27 bits per heavy atom. The third-order valence-corrected chi connectivity index (χ3v) is 4.19. The Hall–Kier alpha value is -2.14. The second-order valence-electron chi connectivity index (χ2n) is 5.50. The van der Waals surface area contributed by atoms with Gasteiger partial charge in [0.25, 0.3) is 5.91 Å². The fraction of sp³-hybridized carbons (Fsp3) is 0.412. The molecule has 5 nitrogen and oxygen atoms in total. The first-order chi connectivity index (χ1) is 10.4. The molecule has 0 unspecified atom stereocenters. The van der Waals surface area contributed by atoms with Gasteiger partial charge in [-0.2, -0.15) is 0 Å². The van der Waals surface area contributed by atoms with Crippen LogP contribution in [0.1, 0.15) is 42.6 Å². The van der Waals surface area contributed by atoms with Gasteiger partial charge in [-0.25, -0.2) is 4.79 Å². The molecule has 0 radical (unpaired) electrons. The van der Waals surface area contributed by atoms with Gasteiger partial charge in [0.2, 0.25) is 0 Å². The van der Waals surface area contributed by atoms with Gasteiger partial charge in [-0.1, -0.05) is 32.0 Å². The van der Waals surface area contributed by atoms with Gasteiger partial charge >= 0.3 is 5.63 Å². The lowest BCUT2D eigenvalue weighted by Crippen LogP contribution is -2.43. The van der Waals surface area contributed by atoms with Crippen LogP contribution in [0.5, 0.6) is 0 Å². The maximum Gasteiger partial charge on any atom is 0.349 e. The minimum absolute atomic E-state index is 0.00624. The molecule has 0 fully saturated rings. The van der Waals surface area contributed by atoms with Crippen LogP contribution >= 0.6 is 0 Å². The number of para-hydroxylation sites is 1. The van der Waals surface area contributed by atoms with E-state index >= 15 is 0 Å². The lowest BCUT2D eigenvalue weighted by molar-refractivity contribution is 0.0313. The van der Waals surface area contributed by atoms with Gasteiger partial charge in [-0.15, -0.1) is 0 Å². The highest BCUT2D eigenvalue weighted by atomic mass is 16.4. The van der Waals surface area contributed by atoms with Gasteiger partial charge in [0.15, 0.2) is 0 Å². The summed E-state index contributed by atoms with van der Waals surface area (Å²) in [4.78, 5) is 24.4. The minimum Gasteiger partial charge on any atom is -0.422 e. The predicted octanol–water partition coefficient (Wildman–Crippen LogP) is 2.38. The molecule has 0 spiro atoms. The van der Waals surface area contributed by atoms with E-state index in [2.05, 4.69) is 5.32 Å². The number of fused-ring (bicyclic) bond motifs is 1. The molecule has 2 aromatic rings. The van der Waals surface area contributed by atoms with Crippen molar-refractivity contribution in [2.75, 3.05) is 6.54 Å². The van der Waals surface area contributed by atoms with Crippen molar-refractivity contribution in [3.05, 3.63) is 45.8 Å². The number of benzene rings is 1. The third kappa shape index (κ3) is 3.04. The first kappa shape index (κ1) is 16.2. The highest BCUT2D eigenvalue weighted by molar-refractivity contribution is 5.99. The number of hydrogen-bond donors (Lipinski definition) is 2. The quantitative estimate of drug-likeness (QED) is 0.831. The topological polar surface area (TPSA) is 79.5 Å². The SMILES string of the molecule is CCC(O)(CC)CNC(=O)c1c(C)c2ccccc2oc1=O. The largest absolute Gasteiger partial charge is 0.422 e. The Kier molecular flexibility index (Phi) is 4.66. The lowest BCUT2D eigenvalue weighted by Gasteiger charge is -2.25. The number of aliphatic hydroxyl groups is 1. The van der Waals surface area contributed by atoms with Crippen molar-refractivity contribution < 1.29 is 14.3 Å². The third-order valence-electron chi connectivity index (χ3n) is 4.19. The molecule has 0 saturated carbocycles. The molecular formula is C17H21NO4. The molecule has 0 aliphatic rings. The van der Waals surface area contributed by atoms with Gasteiger partial charge in [0, 0.05) is 11.9 Å². The van der Waals surface area contributed by atoms with Crippen molar-refractivity contribution in [3.8, 4) is 0 Å². The number of aryl methyl sites for hydroxylation is 1. The van der Waals surface area contributed by atoms with Crippen LogP contribution in [0.25, 0.3) is 11.0 Å². The number of carbonyl (C=O) groups is 1. The van der Waals surface area contributed by atoms with Gasteiger partial charge in [-0.05, 0) is 31.4 Å². The Morgan fingerprint density at radius 3 is 2.55 bits per heavy atom. The highest BCUT2D eigenvalue weighted by Gasteiger charge is 2.25. The molecule has 118 valence electrons. The van der Waals surface area contributed by atoms with E-state index in [9.17, 15) is 14.7 Å². The summed E-state index contributed by atoms with van der Waals surface area (Å²) in [6.07, 6.45) is 1.05. The first-order valence-electron chi connectivity index (χ1n) is 7.45. The molecule has 1 aromatic carbocycles. The average molecular weight is 303 g/mol. The molecule has 0 aliphatic heterocycles. The summed E-state index contributed by atoms with van der Waals surface area (Å²) in [5.74, 6) is -0.516. The van der Waals surface area contributed by atoms with Crippen molar-refractivity contribution in [1.82, 2.24) is 5.32 Å². The Labute approximate surface area is 129 Å². The molecule has 1 heterocycles. The molecule has 2 rings (SSSR count). The second kappa shape index (κ2) is 6.32. The summed E-state index contributed by atoms with van der Waals surface area (Å²) in [5.41, 5.74) is -0.583. The zero-order chi connectivity index (χ0) is 16.3. The van der Waals surface area contributed by atoms with Gasteiger partial charge in [0.05, 0.1) is 5.60 Å². The average Bonchev–Trinajstić information content (AvgIpc) is 2.52. The summed E-state index contributed by atoms with van der Waals surface area (Å²) >= 11 is 0. The Balaban J connectivity index is 2.34. The number of nitrogens with one attached hydrogen (secondary N) is 1. The van der Waals surface area contributed by atoms with E-state index in [1.165, 1.54) is 0 Å². The van der Waals surface area contributed by atoms with Crippen LogP contribution < -0.4 is 10.9 Å². The standard InChI is InChI=1S/C17H21NO4/c1-4-17(21,5-2)10-18-15(19)14-11(3)12-8-6-7-9-13(12)22-16(14)20/h6-9,21H,4-5,10H2,1-3H3,(H,18,19). The van der Waals surface area contributed by atoms with Crippen LogP contribution in [-0.4, -0.2) is 23.2 Å². The lowest BCUT2D eigenvalue weighted by atomic mass is 9.97. The molecule has 0 bridgehead atoms. The Bertz CT molecular complexity index is 744. The second-order valence-corrected chi connectivity index (χ2v) is 5.50. The highest BCUT2D eigenvalue weighted by Crippen LogP contribution is 2.19. The van der Waals surface area contributed by atoms with Crippen LogP contribution in [0.3, 0.4) is 0 Å². The van der Waals surface area contributed by atoms with Crippen molar-refractivity contribution in [1.29, 1.82) is 0 Å². The van der Waals surface area contributed by atoms with Crippen molar-refractivity contribution in [3.63, 3.8) is 0 Å². The smallest absolute Gasteiger partial charge is 0.349 e. The normalized spacial score (nSPS) is 11.6. The van der Waals surface area contributed by atoms with Crippen LogP contribution in [0, 0.1) is 6.92 Å². The van der Waals surface area contributed by atoms with E-state index < -0.39 is 17.1 Å². The molecule has 0 saturated heterocycles. The summed E-state index contributed by atoms with van der Waals surface area (Å²) in [6.45, 7) is 5.53. The number of hydrogen-bond acceptors (Lipinski definition) is 4. The summed E-state index contributed by atoms with van der Waals surface area (Å²) in [7, 11) is 0. The van der Waals surface area contributed by atoms with Crippen molar-refractivity contribution >= 4 is 16.9 Å². The summed E-state index contributed by atoms with van der Waals surface area (Å²) in [6, 6.07) is 7.09. The fourth-order valence-electron chi connectivity index (χ4n) is 2.40. The molecular weight excluding hydrogens is 282 g/mol. The maximum absolute atomic E-state index is 12.3. The fourth-order valence-corrected chi connectivity index (χ4v) is 2.40. The number of rotatable bonds is 5. The zero-order valence-electron chi connectivity index (χ0n) is 13.1. The van der Waals surface area contributed by atoms with E-state index in [0.717, 1.165) is 5.39 Å². The number of amides is 1. The van der Waals surface area contributed by atoms with Crippen LogP contribution in [0.15, 0.2) is 33.5 Å². The monoisotopic (exact) mass is 303 g/mol. The first-order valence-corrected chi connectivity index (χ1v) is 7.45. The van der Waals surface area contributed by atoms with Gasteiger partial charge < -0.3 is 14.8 Å². The van der Waals surface area contributed by atoms with Crippen LogP contribution in [0.4, 0.5) is 0 Å². The van der Waals surface area contributed by atoms with Gasteiger partial charge in [-0.3, -0.25) is 4.79 Å². The molecule has 0 aliphatic carbocycles. The molecule has 1 amide bonds. The molecule has 2 N–H and O–H groups in total. The van der Waals surface area contributed by atoms with Crippen LogP contribution in [-0.2, 0) is 0 Å². The zero-order valence-corrected chi connectivity index (χ0v) is 13.1. The minimum atomic E-state index is -0.958. The van der Waals surface area contributed by atoms with E-state index in [1.807, 2.05) is 19.9 Å². The van der Waals surface area contributed by atoms with Gasteiger partial charge in [0.1, 0.15) is 11.1 Å². The maximum atomic E-state index is 12.3. The number of carbonyl (C=O) groups excluding carboxylic acids is 1. The summed E-state index contributed by atoms with van der Waals surface area (Å²) in [5, 5.41) is 13.6. The molecule has 5 heteroatoms. The Morgan fingerprint density at radius 2 is 1.91 bits per heavy atom. The van der Waals surface area contributed by atoms with E-state index in [4.69, 9.17) is 4.42 Å². The van der Waals surface area contributed by atoms with Crippen molar-refractivity contribution in [2.24, 2.45) is 0 Å². The molecule has 22 heavy (non-hydrogen) atoms. The summed E-state index contributed by atoms with van der Waals surface area (Å²) < 4.78 is 5.20. The molecule has 0 atom stereocenters. The van der Waals surface area contributed by atoms with E-state index in [0.29, 0.717) is 24.0 Å². The molecule has 1 aromatic heterocycles.